The summed E-state index contributed by atoms with van der Waals surface area (Å²) in [5, 5.41) is 10.1. The van der Waals surface area contributed by atoms with E-state index in [0.717, 1.165) is 0 Å². The molecule has 0 saturated heterocycles. The number of aliphatic hydroxyl groups is 1. The van der Waals surface area contributed by atoms with Gasteiger partial charge in [0.05, 0.1) is 5.60 Å². The molecule has 80 valence electrons. The Hall–Kier alpha value is -1.33. The summed E-state index contributed by atoms with van der Waals surface area (Å²) in [7, 11) is 0. The van der Waals surface area contributed by atoms with Gasteiger partial charge in [0.2, 0.25) is 0 Å². The fraction of sp³-hybridized carbons (Fsp3) is 0.385. The maximum Gasteiger partial charge on any atom is 0.126 e. The fourth-order valence-corrected chi connectivity index (χ4v) is 1.39. The van der Waals surface area contributed by atoms with Gasteiger partial charge in [0, 0.05) is 6.42 Å². The highest BCUT2D eigenvalue weighted by molar-refractivity contribution is 5.27. The van der Waals surface area contributed by atoms with Gasteiger partial charge in [-0.2, -0.15) is 0 Å². The van der Waals surface area contributed by atoms with E-state index in [9.17, 15) is 9.50 Å². The summed E-state index contributed by atoms with van der Waals surface area (Å²) in [6.45, 7) is 3.34. The summed E-state index contributed by atoms with van der Waals surface area (Å²) in [6.07, 6.45) is 6.04. The molecule has 2 heteroatoms. The average Bonchev–Trinajstić information content (AvgIpc) is 2.19. The zero-order valence-electron chi connectivity index (χ0n) is 9.05. The van der Waals surface area contributed by atoms with Crippen molar-refractivity contribution in [2.75, 3.05) is 0 Å². The van der Waals surface area contributed by atoms with Crippen LogP contribution in [0.25, 0.3) is 0 Å². The third-order valence-electron chi connectivity index (χ3n) is 2.55. The van der Waals surface area contributed by atoms with Gasteiger partial charge in [-0.1, -0.05) is 12.1 Å². The molecule has 1 N–H and O–H groups in total. The van der Waals surface area contributed by atoms with E-state index < -0.39 is 5.60 Å². The maximum atomic E-state index is 13.3. The fourth-order valence-electron chi connectivity index (χ4n) is 1.39. The maximum absolute atomic E-state index is 13.3. The van der Waals surface area contributed by atoms with Crippen LogP contribution in [-0.4, -0.2) is 5.11 Å². The lowest BCUT2D eigenvalue weighted by Crippen LogP contribution is -2.21. The van der Waals surface area contributed by atoms with Gasteiger partial charge in [0.1, 0.15) is 5.82 Å². The van der Waals surface area contributed by atoms with E-state index in [4.69, 9.17) is 6.42 Å². The van der Waals surface area contributed by atoms with Gasteiger partial charge in [-0.15, -0.1) is 12.3 Å². The first-order chi connectivity index (χ1) is 6.97. The molecule has 1 aromatic carbocycles. The highest BCUT2D eigenvalue weighted by atomic mass is 19.1. The Morgan fingerprint density at radius 1 is 1.53 bits per heavy atom. The van der Waals surface area contributed by atoms with Gasteiger partial charge in [-0.05, 0) is 37.5 Å². The Labute approximate surface area is 89.9 Å². The molecular formula is C13H15FO. The number of rotatable bonds is 3. The minimum absolute atomic E-state index is 0.298. The SMILES string of the molecule is C#CCCC(C)(O)c1ccc(C)c(F)c1. The number of hydrogen-bond donors (Lipinski definition) is 1. The van der Waals surface area contributed by atoms with E-state index in [-0.39, 0.29) is 5.82 Å². The minimum Gasteiger partial charge on any atom is -0.385 e. The van der Waals surface area contributed by atoms with Gasteiger partial charge in [-0.3, -0.25) is 0 Å². The summed E-state index contributed by atoms with van der Waals surface area (Å²) in [4.78, 5) is 0. The number of halogens is 1. The molecule has 0 radical (unpaired) electrons. The second kappa shape index (κ2) is 4.46. The predicted molar refractivity (Wildman–Crippen MR) is 58.8 cm³/mol. The topological polar surface area (TPSA) is 20.2 Å². The molecule has 0 fully saturated rings. The molecule has 0 aliphatic heterocycles. The normalized spacial score (nSPS) is 14.3. The van der Waals surface area contributed by atoms with Crippen molar-refractivity contribution < 1.29 is 9.50 Å². The average molecular weight is 206 g/mol. The Morgan fingerprint density at radius 2 is 2.20 bits per heavy atom. The van der Waals surface area contributed by atoms with Gasteiger partial charge < -0.3 is 5.11 Å². The molecule has 0 aromatic heterocycles. The van der Waals surface area contributed by atoms with Gasteiger partial charge in [0.25, 0.3) is 0 Å². The van der Waals surface area contributed by atoms with Crippen LogP contribution in [0, 0.1) is 25.1 Å². The molecule has 1 unspecified atom stereocenters. The van der Waals surface area contributed by atoms with Crippen LogP contribution in [0.1, 0.15) is 30.9 Å². The van der Waals surface area contributed by atoms with Crippen LogP contribution >= 0.6 is 0 Å². The van der Waals surface area contributed by atoms with E-state index in [2.05, 4.69) is 5.92 Å². The Morgan fingerprint density at radius 3 is 2.73 bits per heavy atom. The van der Waals surface area contributed by atoms with Crippen LogP contribution in [0.5, 0.6) is 0 Å². The number of aryl methyl sites for hydroxylation is 1. The van der Waals surface area contributed by atoms with Crippen LogP contribution in [0.2, 0.25) is 0 Å². The molecule has 15 heavy (non-hydrogen) atoms. The largest absolute Gasteiger partial charge is 0.385 e. The molecule has 0 bridgehead atoms. The molecule has 0 heterocycles. The van der Waals surface area contributed by atoms with Crippen LogP contribution in [0.15, 0.2) is 18.2 Å². The molecular weight excluding hydrogens is 191 g/mol. The third-order valence-corrected chi connectivity index (χ3v) is 2.55. The first-order valence-electron chi connectivity index (χ1n) is 4.90. The predicted octanol–water partition coefficient (Wildman–Crippen LogP) is 2.76. The van der Waals surface area contributed by atoms with Crippen molar-refractivity contribution in [3.8, 4) is 12.3 Å². The summed E-state index contributed by atoms with van der Waals surface area (Å²) in [5.41, 5.74) is 0.0910. The Kier molecular flexibility index (Phi) is 3.49. The smallest absolute Gasteiger partial charge is 0.126 e. The van der Waals surface area contributed by atoms with Crippen molar-refractivity contribution in [3.05, 3.63) is 35.1 Å². The molecule has 0 amide bonds. The second-order valence-electron chi connectivity index (χ2n) is 3.94. The quantitative estimate of drug-likeness (QED) is 0.754. The zero-order chi connectivity index (χ0) is 11.5. The van der Waals surface area contributed by atoms with Crippen molar-refractivity contribution in [2.24, 2.45) is 0 Å². The summed E-state index contributed by atoms with van der Waals surface area (Å²) in [5.74, 6) is 2.17. The molecule has 1 rings (SSSR count). The van der Waals surface area contributed by atoms with Crippen molar-refractivity contribution in [1.82, 2.24) is 0 Å². The van der Waals surface area contributed by atoms with Crippen LogP contribution in [0.4, 0.5) is 4.39 Å². The summed E-state index contributed by atoms with van der Waals surface area (Å²) >= 11 is 0. The number of terminal acetylenes is 1. The Bertz CT molecular complexity index is 388. The zero-order valence-corrected chi connectivity index (χ0v) is 9.05. The first-order valence-corrected chi connectivity index (χ1v) is 4.90. The molecule has 0 spiro atoms. The lowest BCUT2D eigenvalue weighted by Gasteiger charge is -2.23. The van der Waals surface area contributed by atoms with Crippen molar-refractivity contribution in [1.29, 1.82) is 0 Å². The lowest BCUT2D eigenvalue weighted by atomic mass is 9.90. The Balaban J connectivity index is 2.95. The van der Waals surface area contributed by atoms with E-state index in [0.29, 0.717) is 24.0 Å². The first kappa shape index (κ1) is 11.7. The molecule has 1 atom stereocenters. The van der Waals surface area contributed by atoms with Gasteiger partial charge >= 0.3 is 0 Å². The van der Waals surface area contributed by atoms with E-state index >= 15 is 0 Å². The monoisotopic (exact) mass is 206 g/mol. The molecule has 0 aliphatic carbocycles. The van der Waals surface area contributed by atoms with Crippen LogP contribution in [-0.2, 0) is 5.60 Å². The van der Waals surface area contributed by atoms with Crippen molar-refractivity contribution in [3.63, 3.8) is 0 Å². The van der Waals surface area contributed by atoms with E-state index in [1.165, 1.54) is 6.07 Å². The van der Waals surface area contributed by atoms with Crippen LogP contribution < -0.4 is 0 Å². The van der Waals surface area contributed by atoms with Crippen molar-refractivity contribution >= 4 is 0 Å². The highest BCUT2D eigenvalue weighted by Crippen LogP contribution is 2.26. The van der Waals surface area contributed by atoms with E-state index in [1.54, 1.807) is 26.0 Å². The molecule has 1 nitrogen and oxygen atoms in total. The summed E-state index contributed by atoms with van der Waals surface area (Å²) < 4.78 is 13.3. The molecule has 0 aliphatic rings. The summed E-state index contributed by atoms with van der Waals surface area (Å²) in [6, 6.07) is 4.76. The van der Waals surface area contributed by atoms with Crippen LogP contribution in [0.3, 0.4) is 0 Å². The minimum atomic E-state index is -1.05. The molecule has 0 saturated carbocycles. The van der Waals surface area contributed by atoms with Gasteiger partial charge in [0.15, 0.2) is 0 Å². The van der Waals surface area contributed by atoms with Gasteiger partial charge in [-0.25, -0.2) is 4.39 Å². The standard InChI is InChI=1S/C13H15FO/c1-4-5-8-13(3,15)11-7-6-10(2)12(14)9-11/h1,6-7,9,15H,5,8H2,2-3H3. The van der Waals surface area contributed by atoms with E-state index in [1.807, 2.05) is 0 Å². The molecule has 1 aromatic rings. The number of hydrogen-bond acceptors (Lipinski definition) is 1. The second-order valence-corrected chi connectivity index (χ2v) is 3.94. The third kappa shape index (κ3) is 2.81. The highest BCUT2D eigenvalue weighted by Gasteiger charge is 2.22. The van der Waals surface area contributed by atoms with Crippen molar-refractivity contribution in [2.45, 2.75) is 32.3 Å². The number of benzene rings is 1. The lowest BCUT2D eigenvalue weighted by molar-refractivity contribution is 0.0490.